The molecule has 0 aromatic carbocycles. The smallest absolute Gasteiger partial charge is 0.254 e. The summed E-state index contributed by atoms with van der Waals surface area (Å²) in [6.07, 6.45) is 6.84. The van der Waals surface area contributed by atoms with Gasteiger partial charge in [0.15, 0.2) is 0 Å². The fourth-order valence-electron chi connectivity index (χ4n) is 2.75. The standard InChI is InChI=1S/C16H16N6OS/c23-16(13-1-8-24-10-13)21-6-4-20(5-7-21)14-9-15(19-11-18-14)22-3-2-17-12-22/h1-3,8-12H,4-7H2. The highest BCUT2D eigenvalue weighted by atomic mass is 32.1. The Hall–Kier alpha value is -2.74. The Kier molecular flexibility index (Phi) is 3.96. The van der Waals surface area contributed by atoms with Crippen molar-refractivity contribution in [2.24, 2.45) is 0 Å². The average Bonchev–Trinajstić information content (AvgIpc) is 3.35. The fraction of sp³-hybridized carbons (Fsp3) is 0.250. The van der Waals surface area contributed by atoms with Crippen LogP contribution in [-0.4, -0.2) is 56.5 Å². The van der Waals surface area contributed by atoms with Gasteiger partial charge in [-0.1, -0.05) is 0 Å². The normalized spacial score (nSPS) is 14.8. The number of rotatable bonds is 3. The van der Waals surface area contributed by atoms with Gasteiger partial charge in [-0.15, -0.1) is 0 Å². The van der Waals surface area contributed by atoms with Crippen molar-refractivity contribution < 1.29 is 4.79 Å². The molecule has 1 saturated heterocycles. The summed E-state index contributed by atoms with van der Waals surface area (Å²) in [5.74, 6) is 1.77. The van der Waals surface area contributed by atoms with E-state index >= 15 is 0 Å². The molecule has 0 saturated carbocycles. The highest BCUT2D eigenvalue weighted by molar-refractivity contribution is 7.08. The minimum Gasteiger partial charge on any atom is -0.353 e. The maximum Gasteiger partial charge on any atom is 0.254 e. The molecule has 122 valence electrons. The number of imidazole rings is 1. The summed E-state index contributed by atoms with van der Waals surface area (Å²) in [5, 5.41) is 3.83. The van der Waals surface area contributed by atoms with Gasteiger partial charge in [-0.3, -0.25) is 9.36 Å². The third-order valence-corrected chi connectivity index (χ3v) is 4.75. The number of aromatic nitrogens is 4. The average molecular weight is 340 g/mol. The van der Waals surface area contributed by atoms with Crippen LogP contribution >= 0.6 is 11.3 Å². The summed E-state index contributed by atoms with van der Waals surface area (Å²) < 4.78 is 1.85. The summed E-state index contributed by atoms with van der Waals surface area (Å²) in [6, 6.07) is 3.82. The topological polar surface area (TPSA) is 67.2 Å². The van der Waals surface area contributed by atoms with Crippen molar-refractivity contribution in [3.8, 4) is 5.82 Å². The molecule has 0 atom stereocenters. The third kappa shape index (κ3) is 2.88. The van der Waals surface area contributed by atoms with Gasteiger partial charge in [-0.25, -0.2) is 15.0 Å². The van der Waals surface area contributed by atoms with Gasteiger partial charge in [-0.05, 0) is 11.4 Å². The van der Waals surface area contributed by atoms with E-state index in [0.717, 1.165) is 30.3 Å². The second kappa shape index (κ2) is 6.40. The minimum atomic E-state index is 0.109. The van der Waals surface area contributed by atoms with Crippen LogP contribution in [0, 0.1) is 0 Å². The Morgan fingerprint density at radius 2 is 1.96 bits per heavy atom. The molecule has 1 aliphatic rings. The minimum absolute atomic E-state index is 0.109. The quantitative estimate of drug-likeness (QED) is 0.726. The van der Waals surface area contributed by atoms with E-state index in [4.69, 9.17) is 0 Å². The van der Waals surface area contributed by atoms with Gasteiger partial charge in [0.2, 0.25) is 0 Å². The van der Waals surface area contributed by atoms with Crippen molar-refractivity contribution >= 4 is 23.1 Å². The number of piperazine rings is 1. The van der Waals surface area contributed by atoms with Crippen LogP contribution in [-0.2, 0) is 0 Å². The molecule has 7 nitrogen and oxygen atoms in total. The Morgan fingerprint density at radius 1 is 1.12 bits per heavy atom. The lowest BCUT2D eigenvalue weighted by atomic mass is 10.2. The second-order valence-corrected chi connectivity index (χ2v) is 6.28. The lowest BCUT2D eigenvalue weighted by Gasteiger charge is -2.35. The molecule has 0 bridgehead atoms. The van der Waals surface area contributed by atoms with E-state index < -0.39 is 0 Å². The molecule has 4 rings (SSSR count). The summed E-state index contributed by atoms with van der Waals surface area (Å²) in [6.45, 7) is 2.91. The summed E-state index contributed by atoms with van der Waals surface area (Å²) in [4.78, 5) is 29.2. The van der Waals surface area contributed by atoms with Gasteiger partial charge in [0.25, 0.3) is 5.91 Å². The fourth-order valence-corrected chi connectivity index (χ4v) is 3.38. The summed E-state index contributed by atoms with van der Waals surface area (Å²) >= 11 is 1.55. The molecule has 1 fully saturated rings. The Labute approximate surface area is 143 Å². The van der Waals surface area contributed by atoms with E-state index in [1.165, 1.54) is 0 Å². The van der Waals surface area contributed by atoms with Crippen LogP contribution in [0.25, 0.3) is 5.82 Å². The van der Waals surface area contributed by atoms with Crippen molar-refractivity contribution in [1.82, 2.24) is 24.4 Å². The molecule has 4 heterocycles. The number of amides is 1. The zero-order valence-corrected chi connectivity index (χ0v) is 13.8. The first-order valence-electron chi connectivity index (χ1n) is 7.68. The van der Waals surface area contributed by atoms with E-state index in [-0.39, 0.29) is 5.91 Å². The monoisotopic (exact) mass is 340 g/mol. The van der Waals surface area contributed by atoms with Crippen LogP contribution < -0.4 is 4.90 Å². The molecule has 8 heteroatoms. The van der Waals surface area contributed by atoms with Crippen molar-refractivity contribution in [3.63, 3.8) is 0 Å². The SMILES string of the molecule is O=C(c1ccsc1)N1CCN(c2cc(-n3ccnc3)ncn2)CC1. The van der Waals surface area contributed by atoms with Gasteiger partial charge in [0, 0.05) is 50.0 Å². The Morgan fingerprint density at radius 3 is 2.67 bits per heavy atom. The van der Waals surface area contributed by atoms with Crippen LogP contribution in [0.3, 0.4) is 0 Å². The predicted molar refractivity (Wildman–Crippen MR) is 91.6 cm³/mol. The van der Waals surface area contributed by atoms with Crippen LogP contribution in [0.5, 0.6) is 0 Å². The number of nitrogens with zero attached hydrogens (tertiary/aromatic N) is 6. The van der Waals surface area contributed by atoms with Crippen molar-refractivity contribution in [1.29, 1.82) is 0 Å². The second-order valence-electron chi connectivity index (χ2n) is 5.50. The molecule has 1 amide bonds. The molecular formula is C16H16N6OS. The number of hydrogen-bond acceptors (Lipinski definition) is 6. The van der Waals surface area contributed by atoms with E-state index in [1.807, 2.05) is 38.6 Å². The zero-order chi connectivity index (χ0) is 16.4. The summed E-state index contributed by atoms with van der Waals surface area (Å²) in [7, 11) is 0. The van der Waals surface area contributed by atoms with Gasteiger partial charge in [0.05, 0.1) is 5.56 Å². The number of carbonyl (C=O) groups is 1. The van der Waals surface area contributed by atoms with Crippen LogP contribution in [0.15, 0.2) is 47.9 Å². The van der Waals surface area contributed by atoms with Crippen molar-refractivity contribution in [2.75, 3.05) is 31.1 Å². The van der Waals surface area contributed by atoms with E-state index in [0.29, 0.717) is 13.1 Å². The number of hydrogen-bond donors (Lipinski definition) is 0. The first-order chi connectivity index (χ1) is 11.8. The lowest BCUT2D eigenvalue weighted by molar-refractivity contribution is 0.0747. The molecular weight excluding hydrogens is 324 g/mol. The maximum absolute atomic E-state index is 12.4. The van der Waals surface area contributed by atoms with Crippen LogP contribution in [0.1, 0.15) is 10.4 Å². The molecule has 3 aromatic heterocycles. The molecule has 0 radical (unpaired) electrons. The number of carbonyl (C=O) groups excluding carboxylic acids is 1. The summed E-state index contributed by atoms with van der Waals surface area (Å²) in [5.41, 5.74) is 0.776. The largest absolute Gasteiger partial charge is 0.353 e. The molecule has 0 N–H and O–H groups in total. The molecule has 0 unspecified atom stereocenters. The first kappa shape index (κ1) is 14.8. The molecule has 0 spiro atoms. The first-order valence-corrected chi connectivity index (χ1v) is 8.62. The zero-order valence-electron chi connectivity index (χ0n) is 12.9. The molecule has 24 heavy (non-hydrogen) atoms. The van der Waals surface area contributed by atoms with E-state index in [1.54, 1.807) is 30.2 Å². The highest BCUT2D eigenvalue weighted by Gasteiger charge is 2.23. The predicted octanol–water partition coefficient (Wildman–Crippen LogP) is 1.69. The van der Waals surface area contributed by atoms with E-state index in [2.05, 4.69) is 19.9 Å². The van der Waals surface area contributed by atoms with Crippen LogP contribution in [0.2, 0.25) is 0 Å². The van der Waals surface area contributed by atoms with Gasteiger partial charge < -0.3 is 9.80 Å². The van der Waals surface area contributed by atoms with Gasteiger partial charge in [-0.2, -0.15) is 11.3 Å². The van der Waals surface area contributed by atoms with Crippen LogP contribution in [0.4, 0.5) is 5.82 Å². The molecule has 3 aromatic rings. The third-order valence-electron chi connectivity index (χ3n) is 4.07. The van der Waals surface area contributed by atoms with Gasteiger partial charge >= 0.3 is 0 Å². The Bertz CT molecular complexity index is 809. The molecule has 1 aliphatic heterocycles. The Balaban J connectivity index is 1.44. The van der Waals surface area contributed by atoms with E-state index in [9.17, 15) is 4.79 Å². The van der Waals surface area contributed by atoms with Crippen molar-refractivity contribution in [2.45, 2.75) is 0 Å². The molecule has 0 aliphatic carbocycles. The lowest BCUT2D eigenvalue weighted by Crippen LogP contribution is -2.49. The number of anilines is 1. The van der Waals surface area contributed by atoms with Crippen molar-refractivity contribution in [3.05, 3.63) is 53.5 Å². The van der Waals surface area contributed by atoms with Gasteiger partial charge in [0.1, 0.15) is 24.3 Å². The number of thiophene rings is 1. The maximum atomic E-state index is 12.4. The highest BCUT2D eigenvalue weighted by Crippen LogP contribution is 2.17.